The quantitative estimate of drug-likeness (QED) is 0.412. The number of unbranched alkanes of at least 4 members (excludes halogenated alkanes) is 9. The van der Waals surface area contributed by atoms with Crippen LogP contribution in [0.4, 0.5) is 0 Å². The Hall–Kier alpha value is -1.06. The largest absolute Gasteiger partial charge is 0.481 e. The summed E-state index contributed by atoms with van der Waals surface area (Å²) in [6.45, 7) is 3.96. The van der Waals surface area contributed by atoms with Gasteiger partial charge in [0.1, 0.15) is 0 Å². The van der Waals surface area contributed by atoms with E-state index < -0.39 is 23.8 Å². The van der Waals surface area contributed by atoms with Crippen molar-refractivity contribution in [2.75, 3.05) is 0 Å². The van der Waals surface area contributed by atoms with Crippen LogP contribution in [0.3, 0.4) is 0 Å². The standard InChI is InChI=1S/C18H34O4/c1-3-5-6-7-8-9-10-11-12-13-14-16(18(21)22)15(4-2)17(19)20/h15-16H,3-14H2,1-2H3,(H,19,20)(H,21,22). The minimum absolute atomic E-state index is 0.379. The van der Waals surface area contributed by atoms with Gasteiger partial charge in [-0.2, -0.15) is 0 Å². The van der Waals surface area contributed by atoms with Crippen LogP contribution in [0.25, 0.3) is 0 Å². The summed E-state index contributed by atoms with van der Waals surface area (Å²) in [7, 11) is 0. The van der Waals surface area contributed by atoms with Gasteiger partial charge in [0, 0.05) is 0 Å². The lowest BCUT2D eigenvalue weighted by Crippen LogP contribution is -2.29. The number of aliphatic carboxylic acids is 2. The molecule has 0 spiro atoms. The molecule has 4 nitrogen and oxygen atoms in total. The molecule has 0 bridgehead atoms. The third-order valence-electron chi connectivity index (χ3n) is 4.43. The monoisotopic (exact) mass is 314 g/mol. The highest BCUT2D eigenvalue weighted by Gasteiger charge is 2.31. The minimum atomic E-state index is -0.984. The number of carboxylic acids is 2. The fourth-order valence-corrected chi connectivity index (χ4v) is 2.98. The molecule has 0 rings (SSSR count). The van der Waals surface area contributed by atoms with Crippen LogP contribution in [-0.4, -0.2) is 22.2 Å². The molecular formula is C18H34O4. The van der Waals surface area contributed by atoms with Crippen molar-refractivity contribution >= 4 is 11.9 Å². The molecule has 4 heteroatoms. The van der Waals surface area contributed by atoms with Gasteiger partial charge in [-0.15, -0.1) is 0 Å². The summed E-state index contributed by atoms with van der Waals surface area (Å²) in [5, 5.41) is 18.3. The maximum atomic E-state index is 11.2. The van der Waals surface area contributed by atoms with Crippen molar-refractivity contribution in [2.24, 2.45) is 11.8 Å². The lowest BCUT2D eigenvalue weighted by Gasteiger charge is -2.18. The van der Waals surface area contributed by atoms with Crippen LogP contribution in [-0.2, 0) is 9.59 Å². The highest BCUT2D eigenvalue weighted by atomic mass is 16.4. The zero-order valence-electron chi connectivity index (χ0n) is 14.4. The molecule has 130 valence electrons. The molecule has 0 saturated heterocycles. The molecular weight excluding hydrogens is 280 g/mol. The summed E-state index contributed by atoms with van der Waals surface area (Å²) in [4.78, 5) is 22.3. The van der Waals surface area contributed by atoms with E-state index in [0.29, 0.717) is 12.8 Å². The van der Waals surface area contributed by atoms with Crippen molar-refractivity contribution in [1.82, 2.24) is 0 Å². The Morgan fingerprint density at radius 3 is 1.45 bits per heavy atom. The first-order chi connectivity index (χ1) is 10.5. The predicted molar refractivity (Wildman–Crippen MR) is 89.0 cm³/mol. The SMILES string of the molecule is CCCCCCCCCCCCC(C(=O)O)C(CC)C(=O)O. The maximum absolute atomic E-state index is 11.2. The first kappa shape index (κ1) is 20.9. The van der Waals surface area contributed by atoms with E-state index in [2.05, 4.69) is 6.92 Å². The zero-order chi connectivity index (χ0) is 16.8. The van der Waals surface area contributed by atoms with Gasteiger partial charge in [-0.3, -0.25) is 9.59 Å². The molecule has 0 saturated carbocycles. The Kier molecular flexibility index (Phi) is 12.9. The van der Waals surface area contributed by atoms with E-state index in [1.807, 2.05) is 0 Å². The topological polar surface area (TPSA) is 74.6 Å². The van der Waals surface area contributed by atoms with Gasteiger partial charge in [0.05, 0.1) is 11.8 Å². The van der Waals surface area contributed by atoms with E-state index in [1.54, 1.807) is 6.92 Å². The first-order valence-electron chi connectivity index (χ1n) is 9.00. The molecule has 0 fully saturated rings. The van der Waals surface area contributed by atoms with E-state index in [-0.39, 0.29) is 0 Å². The molecule has 0 radical (unpaired) electrons. The molecule has 0 aliphatic carbocycles. The molecule has 0 aliphatic rings. The van der Waals surface area contributed by atoms with E-state index in [4.69, 9.17) is 5.11 Å². The van der Waals surface area contributed by atoms with Gasteiger partial charge in [0.15, 0.2) is 0 Å². The van der Waals surface area contributed by atoms with Crippen LogP contribution < -0.4 is 0 Å². The zero-order valence-corrected chi connectivity index (χ0v) is 14.4. The normalized spacial score (nSPS) is 13.7. The Morgan fingerprint density at radius 2 is 1.09 bits per heavy atom. The van der Waals surface area contributed by atoms with Gasteiger partial charge in [-0.1, -0.05) is 78.1 Å². The van der Waals surface area contributed by atoms with Crippen LogP contribution >= 0.6 is 0 Å². The van der Waals surface area contributed by atoms with Gasteiger partial charge in [-0.05, 0) is 12.8 Å². The van der Waals surface area contributed by atoms with E-state index in [9.17, 15) is 14.7 Å². The summed E-state index contributed by atoms with van der Waals surface area (Å²) >= 11 is 0. The molecule has 2 atom stereocenters. The lowest BCUT2D eigenvalue weighted by atomic mass is 9.86. The van der Waals surface area contributed by atoms with E-state index >= 15 is 0 Å². The third kappa shape index (κ3) is 9.80. The van der Waals surface area contributed by atoms with Gasteiger partial charge in [0.25, 0.3) is 0 Å². The summed E-state index contributed by atoms with van der Waals surface area (Å²) in [6, 6.07) is 0. The highest BCUT2D eigenvalue weighted by Crippen LogP contribution is 2.23. The number of hydrogen-bond donors (Lipinski definition) is 2. The second-order valence-corrected chi connectivity index (χ2v) is 6.27. The molecule has 2 unspecified atom stereocenters. The molecule has 0 aromatic carbocycles. The number of hydrogen-bond acceptors (Lipinski definition) is 2. The molecule has 0 aliphatic heterocycles. The van der Waals surface area contributed by atoms with E-state index in [1.165, 1.54) is 44.9 Å². The van der Waals surface area contributed by atoms with Crippen molar-refractivity contribution in [2.45, 2.75) is 90.9 Å². The molecule has 22 heavy (non-hydrogen) atoms. The minimum Gasteiger partial charge on any atom is -0.481 e. The summed E-state index contributed by atoms with van der Waals surface area (Å²) in [6.07, 6.45) is 12.9. The maximum Gasteiger partial charge on any atom is 0.307 e. The van der Waals surface area contributed by atoms with Gasteiger partial charge >= 0.3 is 11.9 Å². The van der Waals surface area contributed by atoms with Gasteiger partial charge in [-0.25, -0.2) is 0 Å². The smallest absolute Gasteiger partial charge is 0.307 e. The Labute approximate surface area is 135 Å². The fourth-order valence-electron chi connectivity index (χ4n) is 2.98. The van der Waals surface area contributed by atoms with Crippen LogP contribution in [0.15, 0.2) is 0 Å². The van der Waals surface area contributed by atoms with Crippen LogP contribution in [0.5, 0.6) is 0 Å². The second kappa shape index (κ2) is 13.6. The van der Waals surface area contributed by atoms with Crippen molar-refractivity contribution in [3.63, 3.8) is 0 Å². The van der Waals surface area contributed by atoms with Crippen molar-refractivity contribution < 1.29 is 19.8 Å². The first-order valence-corrected chi connectivity index (χ1v) is 9.00. The van der Waals surface area contributed by atoms with Gasteiger partial charge in [0.2, 0.25) is 0 Å². The number of carbonyl (C=O) groups is 2. The van der Waals surface area contributed by atoms with Crippen LogP contribution in [0.2, 0.25) is 0 Å². The third-order valence-corrected chi connectivity index (χ3v) is 4.43. The second-order valence-electron chi connectivity index (χ2n) is 6.27. The summed E-state index contributed by atoms with van der Waals surface area (Å²) in [5.41, 5.74) is 0. The Bertz CT molecular complexity index is 301. The average Bonchev–Trinajstić information content (AvgIpc) is 2.47. The molecule has 0 heterocycles. The fraction of sp³-hybridized carbons (Fsp3) is 0.889. The molecule has 0 aromatic heterocycles. The Morgan fingerprint density at radius 1 is 0.682 bits per heavy atom. The highest BCUT2D eigenvalue weighted by molar-refractivity contribution is 5.79. The van der Waals surface area contributed by atoms with Crippen molar-refractivity contribution in [1.29, 1.82) is 0 Å². The van der Waals surface area contributed by atoms with Crippen molar-refractivity contribution in [3.8, 4) is 0 Å². The summed E-state index contributed by atoms with van der Waals surface area (Å²) in [5.74, 6) is -3.44. The van der Waals surface area contributed by atoms with E-state index in [0.717, 1.165) is 19.3 Å². The molecule has 0 aromatic rings. The average molecular weight is 314 g/mol. The van der Waals surface area contributed by atoms with Gasteiger partial charge < -0.3 is 10.2 Å². The number of rotatable bonds is 15. The lowest BCUT2D eigenvalue weighted by molar-refractivity contribution is -0.154. The van der Waals surface area contributed by atoms with Crippen molar-refractivity contribution in [3.05, 3.63) is 0 Å². The predicted octanol–water partition coefficient (Wildman–Crippen LogP) is 5.11. The Balaban J connectivity index is 3.73. The van der Waals surface area contributed by atoms with Crippen LogP contribution in [0, 0.1) is 11.8 Å². The number of carboxylic acid groups (broad SMARTS) is 2. The molecule has 2 N–H and O–H groups in total. The summed E-state index contributed by atoms with van der Waals surface area (Å²) < 4.78 is 0. The van der Waals surface area contributed by atoms with Crippen LogP contribution in [0.1, 0.15) is 90.9 Å². The molecule has 0 amide bonds.